The van der Waals surface area contributed by atoms with E-state index in [0.29, 0.717) is 5.92 Å². The zero-order valence-electron chi connectivity index (χ0n) is 18.7. The molecule has 0 radical (unpaired) electrons. The summed E-state index contributed by atoms with van der Waals surface area (Å²) < 4.78 is 5.55. The van der Waals surface area contributed by atoms with Crippen LogP contribution in [0.3, 0.4) is 0 Å². The SMILES string of the molecule is CN=C(NCC1CCN(c2ccccc2OC)C1)N1CCC(CSc2ccccc2)C1. The summed E-state index contributed by atoms with van der Waals surface area (Å²) in [5.41, 5.74) is 1.20. The van der Waals surface area contributed by atoms with Gasteiger partial charge in [0.25, 0.3) is 0 Å². The minimum absolute atomic E-state index is 0.619. The summed E-state index contributed by atoms with van der Waals surface area (Å²) in [7, 11) is 3.66. The van der Waals surface area contributed by atoms with Crippen molar-refractivity contribution in [3.05, 3.63) is 54.6 Å². The Bertz CT molecular complexity index is 860. The fourth-order valence-electron chi connectivity index (χ4n) is 4.57. The van der Waals surface area contributed by atoms with Crippen LogP contribution in [0.2, 0.25) is 0 Å². The molecular weight excluding hydrogens is 404 g/mol. The Hall–Kier alpha value is -2.34. The normalized spacial score (nSPS) is 21.5. The van der Waals surface area contributed by atoms with Crippen LogP contribution in [0.1, 0.15) is 12.8 Å². The zero-order chi connectivity index (χ0) is 21.5. The van der Waals surface area contributed by atoms with Crippen molar-refractivity contribution in [3.63, 3.8) is 0 Å². The van der Waals surface area contributed by atoms with Gasteiger partial charge in [-0.25, -0.2) is 0 Å². The third kappa shape index (κ3) is 5.67. The van der Waals surface area contributed by atoms with Crippen molar-refractivity contribution in [1.82, 2.24) is 10.2 Å². The Morgan fingerprint density at radius 1 is 1.03 bits per heavy atom. The highest BCUT2D eigenvalue weighted by molar-refractivity contribution is 7.99. The maximum atomic E-state index is 5.55. The van der Waals surface area contributed by atoms with Crippen LogP contribution in [0.25, 0.3) is 0 Å². The summed E-state index contributed by atoms with van der Waals surface area (Å²) in [5, 5.41) is 3.66. The van der Waals surface area contributed by atoms with E-state index in [1.807, 2.05) is 30.9 Å². The number of ether oxygens (including phenoxy) is 1. The van der Waals surface area contributed by atoms with Crippen molar-refractivity contribution in [3.8, 4) is 5.75 Å². The molecule has 31 heavy (non-hydrogen) atoms. The summed E-state index contributed by atoms with van der Waals surface area (Å²) in [6.45, 7) is 5.29. The number of benzene rings is 2. The molecule has 2 aliphatic heterocycles. The second-order valence-electron chi connectivity index (χ2n) is 8.43. The van der Waals surface area contributed by atoms with Crippen LogP contribution in [0.4, 0.5) is 5.69 Å². The lowest BCUT2D eigenvalue weighted by atomic mass is 10.1. The van der Waals surface area contributed by atoms with E-state index in [0.717, 1.165) is 50.4 Å². The van der Waals surface area contributed by atoms with E-state index in [1.165, 1.54) is 29.2 Å². The van der Waals surface area contributed by atoms with Crippen LogP contribution in [0.5, 0.6) is 5.75 Å². The smallest absolute Gasteiger partial charge is 0.193 e. The maximum Gasteiger partial charge on any atom is 0.193 e. The van der Waals surface area contributed by atoms with Crippen LogP contribution in [-0.2, 0) is 0 Å². The summed E-state index contributed by atoms with van der Waals surface area (Å²) >= 11 is 1.97. The standard InChI is InChI=1S/C25H34N4OS/c1-26-25(29-15-13-21(18-29)19-31-22-8-4-3-5-9-22)27-16-20-12-14-28(17-20)23-10-6-7-11-24(23)30-2/h3-11,20-21H,12-19H2,1-2H3,(H,26,27). The Morgan fingerprint density at radius 3 is 2.61 bits per heavy atom. The quantitative estimate of drug-likeness (QED) is 0.398. The molecule has 166 valence electrons. The zero-order valence-corrected chi connectivity index (χ0v) is 19.5. The third-order valence-electron chi connectivity index (χ3n) is 6.29. The summed E-state index contributed by atoms with van der Waals surface area (Å²) in [4.78, 5) is 10.8. The second-order valence-corrected chi connectivity index (χ2v) is 9.52. The fraction of sp³-hybridized carbons (Fsp3) is 0.480. The molecule has 4 rings (SSSR count). The molecule has 2 saturated heterocycles. The van der Waals surface area contributed by atoms with Gasteiger partial charge in [-0.15, -0.1) is 11.8 Å². The number of hydrogen-bond acceptors (Lipinski definition) is 4. The molecular formula is C25H34N4OS. The molecule has 2 aliphatic rings. The lowest BCUT2D eigenvalue weighted by Crippen LogP contribution is -2.42. The molecule has 0 amide bonds. The average Bonchev–Trinajstić information content (AvgIpc) is 3.49. The molecule has 1 N–H and O–H groups in total. The van der Waals surface area contributed by atoms with Crippen molar-refractivity contribution >= 4 is 23.4 Å². The molecule has 2 atom stereocenters. The van der Waals surface area contributed by atoms with Gasteiger partial charge in [0.2, 0.25) is 0 Å². The van der Waals surface area contributed by atoms with Gasteiger partial charge in [-0.05, 0) is 48.9 Å². The van der Waals surface area contributed by atoms with Crippen LogP contribution in [0.15, 0.2) is 64.5 Å². The van der Waals surface area contributed by atoms with Crippen molar-refractivity contribution in [2.45, 2.75) is 17.7 Å². The number of methoxy groups -OCH3 is 1. The van der Waals surface area contributed by atoms with E-state index in [2.05, 4.69) is 62.6 Å². The molecule has 2 fully saturated rings. The van der Waals surface area contributed by atoms with Gasteiger partial charge in [-0.3, -0.25) is 4.99 Å². The number of nitrogens with zero attached hydrogens (tertiary/aromatic N) is 3. The van der Waals surface area contributed by atoms with E-state index in [1.54, 1.807) is 7.11 Å². The van der Waals surface area contributed by atoms with Crippen molar-refractivity contribution in [2.24, 2.45) is 16.8 Å². The predicted octanol–water partition coefficient (Wildman–Crippen LogP) is 4.21. The van der Waals surface area contributed by atoms with Gasteiger partial charge in [0.1, 0.15) is 5.75 Å². The molecule has 2 aromatic rings. The van der Waals surface area contributed by atoms with Crippen LogP contribution in [-0.4, -0.2) is 63.5 Å². The predicted molar refractivity (Wildman–Crippen MR) is 132 cm³/mol. The molecule has 6 heteroatoms. The van der Waals surface area contributed by atoms with Gasteiger partial charge < -0.3 is 19.9 Å². The number of rotatable bonds is 7. The molecule has 2 unspecified atom stereocenters. The molecule has 2 heterocycles. The Kier molecular flexibility index (Phi) is 7.62. The number of aliphatic imine (C=N–C) groups is 1. The van der Waals surface area contributed by atoms with E-state index >= 15 is 0 Å². The van der Waals surface area contributed by atoms with E-state index < -0.39 is 0 Å². The summed E-state index contributed by atoms with van der Waals surface area (Å²) in [6.07, 6.45) is 2.43. The number of nitrogens with one attached hydrogen (secondary N) is 1. The number of guanidine groups is 1. The van der Waals surface area contributed by atoms with E-state index in [9.17, 15) is 0 Å². The van der Waals surface area contributed by atoms with Crippen molar-refractivity contribution < 1.29 is 4.74 Å². The first-order chi connectivity index (χ1) is 15.3. The summed E-state index contributed by atoms with van der Waals surface area (Å²) in [6, 6.07) is 19.0. The molecule has 0 spiro atoms. The minimum Gasteiger partial charge on any atom is -0.495 e. The van der Waals surface area contributed by atoms with Gasteiger partial charge in [0, 0.05) is 50.4 Å². The van der Waals surface area contributed by atoms with Gasteiger partial charge in [-0.1, -0.05) is 30.3 Å². The number of para-hydroxylation sites is 2. The first kappa shape index (κ1) is 21.9. The highest BCUT2D eigenvalue weighted by Gasteiger charge is 2.27. The highest BCUT2D eigenvalue weighted by Crippen LogP contribution is 2.32. The Labute approximate surface area is 190 Å². The minimum atomic E-state index is 0.619. The fourth-order valence-corrected chi connectivity index (χ4v) is 5.62. The van der Waals surface area contributed by atoms with Gasteiger partial charge in [0.15, 0.2) is 5.96 Å². The average molecular weight is 439 g/mol. The van der Waals surface area contributed by atoms with Gasteiger partial charge in [0.05, 0.1) is 12.8 Å². The number of anilines is 1. The Balaban J connectivity index is 1.23. The number of likely N-dealkylation sites (tertiary alicyclic amines) is 1. The lowest BCUT2D eigenvalue weighted by Gasteiger charge is -2.24. The highest BCUT2D eigenvalue weighted by atomic mass is 32.2. The van der Waals surface area contributed by atoms with Gasteiger partial charge in [-0.2, -0.15) is 0 Å². The van der Waals surface area contributed by atoms with E-state index in [-0.39, 0.29) is 0 Å². The van der Waals surface area contributed by atoms with Gasteiger partial charge >= 0.3 is 0 Å². The Morgan fingerprint density at radius 2 is 1.81 bits per heavy atom. The monoisotopic (exact) mass is 438 g/mol. The van der Waals surface area contributed by atoms with E-state index in [4.69, 9.17) is 4.74 Å². The maximum absolute atomic E-state index is 5.55. The molecule has 2 aromatic carbocycles. The number of hydrogen-bond donors (Lipinski definition) is 1. The lowest BCUT2D eigenvalue weighted by molar-refractivity contribution is 0.414. The molecule has 0 aromatic heterocycles. The van der Waals surface area contributed by atoms with Crippen LogP contribution >= 0.6 is 11.8 Å². The third-order valence-corrected chi connectivity index (χ3v) is 7.53. The van der Waals surface area contributed by atoms with Crippen molar-refractivity contribution in [2.75, 3.05) is 57.5 Å². The molecule has 5 nitrogen and oxygen atoms in total. The van der Waals surface area contributed by atoms with Crippen molar-refractivity contribution in [1.29, 1.82) is 0 Å². The topological polar surface area (TPSA) is 40.1 Å². The first-order valence-corrected chi connectivity index (χ1v) is 12.3. The number of thioether (sulfide) groups is 1. The molecule has 0 bridgehead atoms. The van der Waals surface area contributed by atoms with Crippen LogP contribution < -0.4 is 15.0 Å². The molecule has 0 aliphatic carbocycles. The summed E-state index contributed by atoms with van der Waals surface area (Å²) in [5.74, 6) is 4.53. The largest absolute Gasteiger partial charge is 0.495 e. The second kappa shape index (κ2) is 10.8. The first-order valence-electron chi connectivity index (χ1n) is 11.3. The molecule has 0 saturated carbocycles. The van der Waals surface area contributed by atoms with Crippen LogP contribution in [0, 0.1) is 11.8 Å².